The molecular formula is C3H9O4PY. The van der Waals surface area contributed by atoms with Crippen LogP contribution in [-0.2, 0) is 50.8 Å². The van der Waals surface area contributed by atoms with Crippen LogP contribution >= 0.6 is 7.82 Å². The summed E-state index contributed by atoms with van der Waals surface area (Å²) >= 11 is 0. The topological polar surface area (TPSA) is 44.8 Å². The minimum atomic E-state index is -3.16. The van der Waals surface area contributed by atoms with E-state index in [1.807, 2.05) is 0 Å². The van der Waals surface area contributed by atoms with E-state index in [0.717, 1.165) is 0 Å². The SMILES string of the molecule is COP(=O)(OC)OC.[Y]. The summed E-state index contributed by atoms with van der Waals surface area (Å²) in [6.45, 7) is 0. The van der Waals surface area contributed by atoms with E-state index in [2.05, 4.69) is 13.6 Å². The summed E-state index contributed by atoms with van der Waals surface area (Å²) in [5.74, 6) is 0. The Kier molecular flexibility index (Phi) is 8.51. The molecule has 0 aromatic heterocycles. The van der Waals surface area contributed by atoms with E-state index in [9.17, 15) is 4.57 Å². The zero-order chi connectivity index (χ0) is 6.62. The fraction of sp³-hybridized carbons (Fsp3) is 1.00. The van der Waals surface area contributed by atoms with E-state index in [1.54, 1.807) is 0 Å². The van der Waals surface area contributed by atoms with E-state index in [4.69, 9.17) is 0 Å². The number of rotatable bonds is 3. The molecule has 0 saturated carbocycles. The third kappa shape index (κ3) is 4.60. The van der Waals surface area contributed by atoms with Gasteiger partial charge in [0, 0.05) is 54.0 Å². The summed E-state index contributed by atoms with van der Waals surface area (Å²) in [6.07, 6.45) is 0. The molecule has 0 aromatic rings. The molecule has 0 N–H and O–H groups in total. The molecule has 0 fully saturated rings. The average Bonchev–Trinajstić information content (AvgIpc) is 1.87. The van der Waals surface area contributed by atoms with Crippen LogP contribution in [0.1, 0.15) is 0 Å². The standard InChI is InChI=1S/C3H9O4P.Y/c1-5-8(4,6-2)7-3;/h1-3H3;. The second kappa shape index (κ2) is 5.96. The van der Waals surface area contributed by atoms with Gasteiger partial charge in [0.2, 0.25) is 0 Å². The van der Waals surface area contributed by atoms with Gasteiger partial charge < -0.3 is 0 Å². The molecule has 0 aliphatic carbocycles. The molecule has 0 amide bonds. The molecule has 6 heteroatoms. The normalized spacial score (nSPS) is 10.6. The van der Waals surface area contributed by atoms with Crippen molar-refractivity contribution in [3.05, 3.63) is 0 Å². The largest absolute Gasteiger partial charge is 0.473 e. The Hall–Kier alpha value is 1.21. The summed E-state index contributed by atoms with van der Waals surface area (Å²) in [6, 6.07) is 0. The Morgan fingerprint density at radius 2 is 1.22 bits per heavy atom. The molecule has 0 bridgehead atoms. The van der Waals surface area contributed by atoms with Gasteiger partial charge >= 0.3 is 7.82 Å². The molecule has 0 atom stereocenters. The van der Waals surface area contributed by atoms with E-state index in [0.29, 0.717) is 0 Å². The first kappa shape index (κ1) is 12.9. The fourth-order valence-electron chi connectivity index (χ4n) is 0.224. The van der Waals surface area contributed by atoms with Crippen LogP contribution < -0.4 is 0 Å². The van der Waals surface area contributed by atoms with Crippen LogP contribution in [0.4, 0.5) is 0 Å². The van der Waals surface area contributed by atoms with Gasteiger partial charge in [-0.25, -0.2) is 4.57 Å². The first-order chi connectivity index (χ1) is 3.68. The molecule has 4 nitrogen and oxygen atoms in total. The molecule has 1 radical (unpaired) electrons. The van der Waals surface area contributed by atoms with Crippen LogP contribution in [-0.4, -0.2) is 21.3 Å². The quantitative estimate of drug-likeness (QED) is 0.678. The molecule has 0 aromatic carbocycles. The monoisotopic (exact) mass is 229 g/mol. The van der Waals surface area contributed by atoms with Gasteiger partial charge in [0.05, 0.1) is 0 Å². The van der Waals surface area contributed by atoms with Gasteiger partial charge in [-0.1, -0.05) is 0 Å². The smallest absolute Gasteiger partial charge is 0.290 e. The van der Waals surface area contributed by atoms with Crippen molar-refractivity contribution in [3.63, 3.8) is 0 Å². The molecular weight excluding hydrogens is 220 g/mol. The third-order valence-corrected chi connectivity index (χ3v) is 2.01. The summed E-state index contributed by atoms with van der Waals surface area (Å²) in [4.78, 5) is 0. The Morgan fingerprint density at radius 1 is 1.00 bits per heavy atom. The molecule has 0 aliphatic rings. The summed E-state index contributed by atoms with van der Waals surface area (Å²) in [5.41, 5.74) is 0. The van der Waals surface area contributed by atoms with Crippen molar-refractivity contribution >= 4 is 7.82 Å². The second-order valence-electron chi connectivity index (χ2n) is 0.995. The second-order valence-corrected chi connectivity index (χ2v) is 2.98. The van der Waals surface area contributed by atoms with Gasteiger partial charge in [-0.05, 0) is 0 Å². The maximum absolute atomic E-state index is 10.7. The van der Waals surface area contributed by atoms with E-state index in [1.165, 1.54) is 21.3 Å². The maximum Gasteiger partial charge on any atom is 0.473 e. The average molecular weight is 229 g/mol. The molecule has 9 heavy (non-hydrogen) atoms. The van der Waals surface area contributed by atoms with Gasteiger partial charge in [-0.15, -0.1) is 0 Å². The van der Waals surface area contributed by atoms with Gasteiger partial charge in [0.15, 0.2) is 0 Å². The van der Waals surface area contributed by atoms with Crippen LogP contribution in [0.15, 0.2) is 0 Å². The van der Waals surface area contributed by atoms with Crippen molar-refractivity contribution < 1.29 is 50.8 Å². The van der Waals surface area contributed by atoms with E-state index < -0.39 is 7.82 Å². The Labute approximate surface area is 79.7 Å². The summed E-state index contributed by atoms with van der Waals surface area (Å²) in [7, 11) is 0.611. The molecule has 53 valence electrons. The zero-order valence-electron chi connectivity index (χ0n) is 5.66. The maximum atomic E-state index is 10.7. The van der Waals surface area contributed by atoms with Crippen LogP contribution in [0.2, 0.25) is 0 Å². The first-order valence-corrected chi connectivity index (χ1v) is 3.42. The predicted molar refractivity (Wildman–Crippen MR) is 28.6 cm³/mol. The van der Waals surface area contributed by atoms with Crippen molar-refractivity contribution in [2.45, 2.75) is 0 Å². The van der Waals surface area contributed by atoms with Crippen molar-refractivity contribution in [3.8, 4) is 0 Å². The van der Waals surface area contributed by atoms with Gasteiger partial charge in [0.1, 0.15) is 0 Å². The molecule has 0 heterocycles. The van der Waals surface area contributed by atoms with Crippen LogP contribution in [0, 0.1) is 0 Å². The number of phosphoric ester groups is 1. The molecule has 0 unspecified atom stereocenters. The molecule has 0 rings (SSSR count). The first-order valence-electron chi connectivity index (χ1n) is 1.96. The summed E-state index contributed by atoms with van der Waals surface area (Å²) in [5, 5.41) is 0. The third-order valence-electron chi connectivity index (χ3n) is 0.671. The summed E-state index contributed by atoms with van der Waals surface area (Å²) < 4.78 is 23.7. The van der Waals surface area contributed by atoms with Crippen LogP contribution in [0.3, 0.4) is 0 Å². The van der Waals surface area contributed by atoms with Crippen molar-refractivity contribution in [1.29, 1.82) is 0 Å². The fourth-order valence-corrected chi connectivity index (χ4v) is 0.671. The van der Waals surface area contributed by atoms with Crippen LogP contribution in [0.5, 0.6) is 0 Å². The van der Waals surface area contributed by atoms with Crippen LogP contribution in [0.25, 0.3) is 0 Å². The van der Waals surface area contributed by atoms with E-state index >= 15 is 0 Å². The Bertz CT molecular complexity index is 87.0. The van der Waals surface area contributed by atoms with Crippen molar-refractivity contribution in [2.75, 3.05) is 21.3 Å². The zero-order valence-corrected chi connectivity index (χ0v) is 9.39. The van der Waals surface area contributed by atoms with Gasteiger partial charge in [-0.2, -0.15) is 0 Å². The minimum Gasteiger partial charge on any atom is -0.290 e. The Balaban J connectivity index is 0. The molecule has 0 aliphatic heterocycles. The van der Waals surface area contributed by atoms with Crippen molar-refractivity contribution in [1.82, 2.24) is 0 Å². The predicted octanol–water partition coefficient (Wildman–Crippen LogP) is 1.03. The Morgan fingerprint density at radius 3 is 1.22 bits per heavy atom. The van der Waals surface area contributed by atoms with Gasteiger partial charge in [0.25, 0.3) is 0 Å². The van der Waals surface area contributed by atoms with Gasteiger partial charge in [-0.3, -0.25) is 13.6 Å². The minimum absolute atomic E-state index is 0. The molecule has 0 spiro atoms. The number of hydrogen-bond acceptors (Lipinski definition) is 4. The van der Waals surface area contributed by atoms with Crippen molar-refractivity contribution in [2.24, 2.45) is 0 Å². The van der Waals surface area contributed by atoms with E-state index in [-0.39, 0.29) is 32.7 Å². The number of hydrogen-bond donors (Lipinski definition) is 0. The number of phosphoric acid groups is 1. The molecule has 0 saturated heterocycles.